The first-order valence-electron chi connectivity index (χ1n) is 8.92. The minimum absolute atomic E-state index is 0.0147. The van der Waals surface area contributed by atoms with Crippen LogP contribution in [-0.4, -0.2) is 29.3 Å². The zero-order valence-corrected chi connectivity index (χ0v) is 15.6. The summed E-state index contributed by atoms with van der Waals surface area (Å²) in [6.45, 7) is 3.55. The number of carbonyl (C=O) groups is 1. The fourth-order valence-electron chi connectivity index (χ4n) is 2.58. The Labute approximate surface area is 157 Å². The van der Waals surface area contributed by atoms with Gasteiger partial charge in [0, 0.05) is 18.2 Å². The molecule has 2 heterocycles. The van der Waals surface area contributed by atoms with E-state index in [0.717, 1.165) is 48.6 Å². The molecule has 7 heteroatoms. The number of aromatic nitrogens is 2. The summed E-state index contributed by atoms with van der Waals surface area (Å²) < 4.78 is 11.4. The van der Waals surface area contributed by atoms with Crippen molar-refractivity contribution in [2.75, 3.05) is 18.5 Å². The molecule has 0 saturated carbocycles. The molecule has 0 spiro atoms. The number of anilines is 1. The highest BCUT2D eigenvalue weighted by molar-refractivity contribution is 7.15. The lowest BCUT2D eigenvalue weighted by atomic mass is 10.2. The van der Waals surface area contributed by atoms with Crippen molar-refractivity contribution in [3.8, 4) is 5.75 Å². The number of nitrogens with one attached hydrogen (secondary N) is 1. The van der Waals surface area contributed by atoms with E-state index in [1.165, 1.54) is 17.4 Å². The molecule has 0 aliphatic carbocycles. The number of rotatable bonds is 8. The average Bonchev–Trinajstić information content (AvgIpc) is 3.32. The largest absolute Gasteiger partial charge is 0.493 e. The van der Waals surface area contributed by atoms with Crippen LogP contribution in [0.5, 0.6) is 5.75 Å². The first kappa shape index (κ1) is 18.5. The molecule has 1 fully saturated rings. The zero-order valence-electron chi connectivity index (χ0n) is 14.8. The van der Waals surface area contributed by atoms with Gasteiger partial charge in [-0.1, -0.05) is 42.9 Å². The predicted octanol–water partition coefficient (Wildman–Crippen LogP) is 4.22. The molecule has 138 valence electrons. The molecular formula is C19H23N3O3S. The van der Waals surface area contributed by atoms with E-state index in [0.29, 0.717) is 11.7 Å². The Morgan fingerprint density at radius 2 is 2.31 bits per heavy atom. The van der Waals surface area contributed by atoms with Gasteiger partial charge in [0.05, 0.1) is 6.61 Å². The summed E-state index contributed by atoms with van der Waals surface area (Å²) >= 11 is 1.36. The van der Waals surface area contributed by atoms with E-state index < -0.39 is 0 Å². The van der Waals surface area contributed by atoms with Crippen molar-refractivity contribution < 1.29 is 14.3 Å². The van der Waals surface area contributed by atoms with Gasteiger partial charge in [0.2, 0.25) is 11.0 Å². The fourth-order valence-corrected chi connectivity index (χ4v) is 3.41. The minimum atomic E-state index is -0.247. The monoisotopic (exact) mass is 373 g/mol. The first-order chi connectivity index (χ1) is 12.8. The van der Waals surface area contributed by atoms with Crippen LogP contribution in [0.3, 0.4) is 0 Å². The van der Waals surface area contributed by atoms with Crippen LogP contribution in [0.4, 0.5) is 5.13 Å². The van der Waals surface area contributed by atoms with Gasteiger partial charge >= 0.3 is 0 Å². The van der Waals surface area contributed by atoms with E-state index in [9.17, 15) is 4.79 Å². The molecule has 1 aromatic heterocycles. The van der Waals surface area contributed by atoms with Crippen molar-refractivity contribution in [3.05, 3.63) is 40.9 Å². The van der Waals surface area contributed by atoms with Crippen molar-refractivity contribution in [3.63, 3.8) is 0 Å². The van der Waals surface area contributed by atoms with Gasteiger partial charge in [0.25, 0.3) is 0 Å². The van der Waals surface area contributed by atoms with Crippen molar-refractivity contribution in [2.24, 2.45) is 0 Å². The zero-order chi connectivity index (χ0) is 18.2. The van der Waals surface area contributed by atoms with Crippen molar-refractivity contribution in [1.29, 1.82) is 0 Å². The number of amides is 1. The van der Waals surface area contributed by atoms with Gasteiger partial charge in [-0.05, 0) is 31.4 Å². The highest BCUT2D eigenvalue weighted by atomic mass is 32.1. The minimum Gasteiger partial charge on any atom is -0.493 e. The Morgan fingerprint density at radius 1 is 1.42 bits per heavy atom. The molecule has 26 heavy (non-hydrogen) atoms. The maximum absolute atomic E-state index is 12.2. The summed E-state index contributed by atoms with van der Waals surface area (Å²) in [5, 5.41) is 12.2. The van der Waals surface area contributed by atoms with Crippen molar-refractivity contribution in [2.45, 2.75) is 38.7 Å². The van der Waals surface area contributed by atoms with Gasteiger partial charge in [-0.25, -0.2) is 0 Å². The van der Waals surface area contributed by atoms with Gasteiger partial charge in [-0.3, -0.25) is 10.1 Å². The molecule has 0 radical (unpaired) electrons. The molecule has 1 atom stereocenters. The molecule has 1 aromatic carbocycles. The van der Waals surface area contributed by atoms with Gasteiger partial charge in [-0.15, -0.1) is 10.2 Å². The normalized spacial score (nSPS) is 16.9. The van der Waals surface area contributed by atoms with Crippen LogP contribution >= 0.6 is 11.3 Å². The molecule has 1 N–H and O–H groups in total. The average molecular weight is 373 g/mol. The molecule has 1 aliphatic heterocycles. The Morgan fingerprint density at radius 3 is 3.12 bits per heavy atom. The molecule has 0 bridgehead atoms. The Hall–Kier alpha value is -2.25. The first-order valence-corrected chi connectivity index (χ1v) is 9.74. The molecular weight excluding hydrogens is 350 g/mol. The van der Waals surface area contributed by atoms with Gasteiger partial charge in [0.1, 0.15) is 16.9 Å². The molecule has 1 amide bonds. The van der Waals surface area contributed by atoms with Crippen LogP contribution in [0.15, 0.2) is 30.3 Å². The van der Waals surface area contributed by atoms with Crippen LogP contribution < -0.4 is 10.1 Å². The third-order valence-corrected chi connectivity index (χ3v) is 4.90. The quantitative estimate of drug-likeness (QED) is 0.554. The van der Waals surface area contributed by atoms with E-state index in [1.807, 2.05) is 24.3 Å². The van der Waals surface area contributed by atoms with E-state index >= 15 is 0 Å². The smallest absolute Gasteiger partial charge is 0.250 e. The van der Waals surface area contributed by atoms with Crippen molar-refractivity contribution >= 4 is 28.5 Å². The van der Waals surface area contributed by atoms with E-state index in [1.54, 1.807) is 6.08 Å². The van der Waals surface area contributed by atoms with E-state index in [-0.39, 0.29) is 12.0 Å². The number of carbonyl (C=O) groups excluding carboxylic acids is 1. The summed E-state index contributed by atoms with van der Waals surface area (Å²) in [6.07, 6.45) is 7.32. The van der Waals surface area contributed by atoms with Crippen LogP contribution in [0.25, 0.3) is 6.08 Å². The van der Waals surface area contributed by atoms with Gasteiger partial charge in [-0.2, -0.15) is 0 Å². The molecule has 6 nitrogen and oxygen atoms in total. The van der Waals surface area contributed by atoms with Gasteiger partial charge < -0.3 is 9.47 Å². The molecule has 1 aliphatic rings. The van der Waals surface area contributed by atoms with E-state index in [4.69, 9.17) is 9.47 Å². The highest BCUT2D eigenvalue weighted by Gasteiger charge is 2.22. The Kier molecular flexibility index (Phi) is 6.74. The lowest BCUT2D eigenvalue weighted by Crippen LogP contribution is -2.07. The lowest BCUT2D eigenvalue weighted by molar-refractivity contribution is -0.111. The van der Waals surface area contributed by atoms with Crippen LogP contribution in [0, 0.1) is 0 Å². The number of unbranched alkanes of at least 4 members (excludes halogenated alkanes) is 1. The summed E-state index contributed by atoms with van der Waals surface area (Å²) in [5.74, 6) is 0.532. The summed E-state index contributed by atoms with van der Waals surface area (Å²) in [4.78, 5) is 12.2. The standard InChI is InChI=1S/C19H23N3O3S/c1-2-3-12-24-15-8-5-4-7-14(15)10-11-17(23)20-19-22-21-18(26-19)16-9-6-13-25-16/h4-5,7-8,10-11,16H,2-3,6,9,12-13H2,1H3,(H,20,22,23)/b11-10+. The van der Waals surface area contributed by atoms with Crippen LogP contribution in [0.2, 0.25) is 0 Å². The Bertz CT molecular complexity index is 754. The van der Waals surface area contributed by atoms with Crippen LogP contribution in [0.1, 0.15) is 49.3 Å². The summed E-state index contributed by atoms with van der Waals surface area (Å²) in [7, 11) is 0. The summed E-state index contributed by atoms with van der Waals surface area (Å²) in [5.41, 5.74) is 0.871. The Balaban J connectivity index is 1.58. The number of nitrogens with zero attached hydrogens (tertiary/aromatic N) is 2. The fraction of sp³-hybridized carbons (Fsp3) is 0.421. The second-order valence-corrected chi connectivity index (χ2v) is 7.02. The van der Waals surface area contributed by atoms with Crippen LogP contribution in [-0.2, 0) is 9.53 Å². The maximum Gasteiger partial charge on any atom is 0.250 e. The highest BCUT2D eigenvalue weighted by Crippen LogP contribution is 2.31. The summed E-state index contributed by atoms with van der Waals surface area (Å²) in [6, 6.07) is 7.67. The van der Waals surface area contributed by atoms with E-state index in [2.05, 4.69) is 22.4 Å². The van der Waals surface area contributed by atoms with Gasteiger partial charge in [0.15, 0.2) is 0 Å². The number of para-hydroxylation sites is 1. The van der Waals surface area contributed by atoms with Crippen molar-refractivity contribution in [1.82, 2.24) is 10.2 Å². The topological polar surface area (TPSA) is 73.3 Å². The molecule has 1 saturated heterocycles. The number of hydrogen-bond donors (Lipinski definition) is 1. The third kappa shape index (κ3) is 5.12. The second kappa shape index (κ2) is 9.45. The predicted molar refractivity (Wildman–Crippen MR) is 102 cm³/mol. The third-order valence-electron chi connectivity index (χ3n) is 3.96. The molecule has 3 rings (SSSR count). The SMILES string of the molecule is CCCCOc1ccccc1/C=C/C(=O)Nc1nnc(C2CCCO2)s1. The lowest BCUT2D eigenvalue weighted by Gasteiger charge is -2.08. The number of benzene rings is 1. The second-order valence-electron chi connectivity index (χ2n) is 6.01. The number of ether oxygens (including phenoxy) is 2. The number of hydrogen-bond acceptors (Lipinski definition) is 6. The maximum atomic E-state index is 12.2. The molecule has 1 unspecified atom stereocenters. The molecule has 2 aromatic rings.